The molecule has 5 N–H and O–H groups in total. The van der Waals surface area contributed by atoms with E-state index >= 15 is 0 Å². The van der Waals surface area contributed by atoms with Gasteiger partial charge < -0.3 is 26.4 Å². The van der Waals surface area contributed by atoms with Crippen molar-refractivity contribution in [2.24, 2.45) is 11.7 Å². The molecule has 0 aromatic heterocycles. The molecule has 1 rings (SSSR count). The molecule has 4 amide bonds. The van der Waals surface area contributed by atoms with Crippen LogP contribution < -0.4 is 21.7 Å². The summed E-state index contributed by atoms with van der Waals surface area (Å²) in [5.41, 5.74) is 5.29. The van der Waals surface area contributed by atoms with Gasteiger partial charge in [-0.15, -0.1) is 0 Å². The van der Waals surface area contributed by atoms with E-state index in [0.29, 0.717) is 0 Å². The van der Waals surface area contributed by atoms with Crippen molar-refractivity contribution in [1.29, 1.82) is 0 Å². The van der Waals surface area contributed by atoms with Gasteiger partial charge in [0.2, 0.25) is 17.7 Å². The molecule has 0 radical (unpaired) electrons. The molecule has 9 nitrogen and oxygen atoms in total. The van der Waals surface area contributed by atoms with Crippen LogP contribution in [0.5, 0.6) is 0 Å². The van der Waals surface area contributed by atoms with Gasteiger partial charge in [0, 0.05) is 6.42 Å². The number of alkyl carbamates (subject to hydrolysis) is 1. The standard InChI is InChI=1S/C22H34N4O5/c1-13(2)17(20(29)24-14(3)18(23)27)26-19(28)16(12-15-10-8-7-9-11-15)25-21(30)31-22(4,5)6/h7-11,13-14,16-17H,12H2,1-6H3,(H2,23,27)(H,24,29)(H,25,30)(H,26,28). The van der Waals surface area contributed by atoms with Crippen LogP contribution in [0.15, 0.2) is 30.3 Å². The maximum atomic E-state index is 13.0. The quantitative estimate of drug-likeness (QED) is 0.463. The molecule has 0 fully saturated rings. The van der Waals surface area contributed by atoms with E-state index in [9.17, 15) is 19.2 Å². The van der Waals surface area contributed by atoms with Gasteiger partial charge >= 0.3 is 6.09 Å². The van der Waals surface area contributed by atoms with Crippen molar-refractivity contribution in [3.05, 3.63) is 35.9 Å². The van der Waals surface area contributed by atoms with E-state index in [1.165, 1.54) is 6.92 Å². The molecule has 0 aliphatic carbocycles. The van der Waals surface area contributed by atoms with Crippen LogP contribution in [-0.4, -0.2) is 47.5 Å². The van der Waals surface area contributed by atoms with Crippen LogP contribution in [0.25, 0.3) is 0 Å². The van der Waals surface area contributed by atoms with Gasteiger partial charge in [0.05, 0.1) is 0 Å². The second kappa shape index (κ2) is 11.3. The van der Waals surface area contributed by atoms with E-state index in [-0.39, 0.29) is 12.3 Å². The van der Waals surface area contributed by atoms with Crippen LogP contribution in [0.1, 0.15) is 47.1 Å². The number of nitrogens with two attached hydrogens (primary N) is 1. The Balaban J connectivity index is 3.00. The van der Waals surface area contributed by atoms with Gasteiger partial charge in [-0.3, -0.25) is 14.4 Å². The Hall–Kier alpha value is -3.10. The minimum atomic E-state index is -0.972. The third-order valence-electron chi connectivity index (χ3n) is 4.32. The highest BCUT2D eigenvalue weighted by atomic mass is 16.6. The maximum Gasteiger partial charge on any atom is 0.408 e. The van der Waals surface area contributed by atoms with Gasteiger partial charge in [-0.1, -0.05) is 44.2 Å². The number of rotatable bonds is 9. The zero-order valence-corrected chi connectivity index (χ0v) is 19.0. The molecule has 172 valence electrons. The van der Waals surface area contributed by atoms with Crippen molar-refractivity contribution in [2.75, 3.05) is 0 Å². The van der Waals surface area contributed by atoms with Crippen LogP contribution in [-0.2, 0) is 25.5 Å². The monoisotopic (exact) mass is 434 g/mol. The number of nitrogens with one attached hydrogen (secondary N) is 3. The zero-order chi connectivity index (χ0) is 23.8. The molecule has 0 saturated carbocycles. The molecule has 1 aromatic carbocycles. The molecule has 0 aliphatic heterocycles. The number of hydrogen-bond donors (Lipinski definition) is 4. The van der Waals surface area contributed by atoms with Gasteiger partial charge in [0.1, 0.15) is 23.7 Å². The number of amides is 4. The van der Waals surface area contributed by atoms with E-state index in [1.807, 2.05) is 30.3 Å². The third kappa shape index (κ3) is 9.50. The van der Waals surface area contributed by atoms with Crippen LogP contribution in [0.2, 0.25) is 0 Å². The average Bonchev–Trinajstić information content (AvgIpc) is 2.64. The molecule has 1 aromatic rings. The summed E-state index contributed by atoms with van der Waals surface area (Å²) in [7, 11) is 0. The van der Waals surface area contributed by atoms with E-state index in [1.54, 1.807) is 34.6 Å². The number of carbonyl (C=O) groups is 4. The predicted molar refractivity (Wildman–Crippen MR) is 117 cm³/mol. The average molecular weight is 435 g/mol. The summed E-state index contributed by atoms with van der Waals surface area (Å²) in [6, 6.07) is 6.38. The fourth-order valence-corrected chi connectivity index (χ4v) is 2.67. The highest BCUT2D eigenvalue weighted by molar-refractivity contribution is 5.93. The fraction of sp³-hybridized carbons (Fsp3) is 0.545. The Morgan fingerprint density at radius 1 is 0.935 bits per heavy atom. The first-order valence-corrected chi connectivity index (χ1v) is 10.2. The van der Waals surface area contributed by atoms with Crippen molar-refractivity contribution in [1.82, 2.24) is 16.0 Å². The highest BCUT2D eigenvalue weighted by Crippen LogP contribution is 2.10. The smallest absolute Gasteiger partial charge is 0.408 e. The second-order valence-electron chi connectivity index (χ2n) is 8.75. The summed E-state index contributed by atoms with van der Waals surface area (Å²) >= 11 is 0. The van der Waals surface area contributed by atoms with Gasteiger partial charge in [-0.25, -0.2) is 4.79 Å². The van der Waals surface area contributed by atoms with Gasteiger partial charge in [0.15, 0.2) is 0 Å². The minimum Gasteiger partial charge on any atom is -0.444 e. The van der Waals surface area contributed by atoms with Crippen molar-refractivity contribution in [2.45, 2.75) is 71.7 Å². The maximum absolute atomic E-state index is 13.0. The van der Waals surface area contributed by atoms with Crippen molar-refractivity contribution < 1.29 is 23.9 Å². The van der Waals surface area contributed by atoms with E-state index in [4.69, 9.17) is 10.5 Å². The zero-order valence-electron chi connectivity index (χ0n) is 19.0. The predicted octanol–water partition coefficient (Wildman–Crippen LogP) is 1.25. The number of ether oxygens (including phenoxy) is 1. The van der Waals surface area contributed by atoms with Gasteiger partial charge in [-0.2, -0.15) is 0 Å². The Morgan fingerprint density at radius 3 is 2.00 bits per heavy atom. The normalized spacial score (nSPS) is 14.2. The molecule has 3 unspecified atom stereocenters. The molecule has 9 heteroatoms. The summed E-state index contributed by atoms with van der Waals surface area (Å²) in [6.45, 7) is 10.1. The van der Waals surface area contributed by atoms with Crippen LogP contribution in [0.4, 0.5) is 4.79 Å². The first-order valence-electron chi connectivity index (χ1n) is 10.2. The molecule has 0 saturated heterocycles. The van der Waals surface area contributed by atoms with Crippen molar-refractivity contribution >= 4 is 23.8 Å². The molecule has 0 heterocycles. The first-order chi connectivity index (χ1) is 14.3. The molecule has 3 atom stereocenters. The second-order valence-corrected chi connectivity index (χ2v) is 8.75. The number of benzene rings is 1. The molecule has 0 spiro atoms. The number of hydrogen-bond acceptors (Lipinski definition) is 5. The number of primary amides is 1. The lowest BCUT2D eigenvalue weighted by Gasteiger charge is -2.27. The van der Waals surface area contributed by atoms with Crippen molar-refractivity contribution in [3.63, 3.8) is 0 Å². The first kappa shape index (κ1) is 25.9. The van der Waals surface area contributed by atoms with E-state index in [0.717, 1.165) is 5.56 Å². The fourth-order valence-electron chi connectivity index (χ4n) is 2.67. The topological polar surface area (TPSA) is 140 Å². The lowest BCUT2D eigenvalue weighted by molar-refractivity contribution is -0.132. The lowest BCUT2D eigenvalue weighted by atomic mass is 10.0. The van der Waals surface area contributed by atoms with Gasteiger partial charge in [-0.05, 0) is 39.2 Å². The largest absolute Gasteiger partial charge is 0.444 e. The van der Waals surface area contributed by atoms with Crippen molar-refractivity contribution in [3.8, 4) is 0 Å². The minimum absolute atomic E-state index is 0.204. The van der Waals surface area contributed by atoms with Gasteiger partial charge in [0.25, 0.3) is 0 Å². The Labute approximate surface area is 183 Å². The molecular weight excluding hydrogens is 400 g/mol. The summed E-state index contributed by atoms with van der Waals surface area (Å²) in [6.07, 6.45) is -0.535. The summed E-state index contributed by atoms with van der Waals surface area (Å²) in [5, 5.41) is 7.75. The van der Waals surface area contributed by atoms with E-state index < -0.39 is 47.5 Å². The van der Waals surface area contributed by atoms with E-state index in [2.05, 4.69) is 16.0 Å². The summed E-state index contributed by atoms with van der Waals surface area (Å²) in [5.74, 6) is -2.04. The Kier molecular flexibility index (Phi) is 9.48. The molecule has 31 heavy (non-hydrogen) atoms. The Morgan fingerprint density at radius 2 is 1.52 bits per heavy atom. The molecule has 0 bridgehead atoms. The SMILES string of the molecule is CC(NC(=O)C(NC(=O)C(Cc1ccccc1)NC(=O)OC(C)(C)C)C(C)C)C(N)=O. The highest BCUT2D eigenvalue weighted by Gasteiger charge is 2.31. The van der Waals surface area contributed by atoms with Crippen LogP contribution >= 0.6 is 0 Å². The Bertz CT molecular complexity index is 774. The van der Waals surface area contributed by atoms with Crippen LogP contribution in [0, 0.1) is 5.92 Å². The molecule has 0 aliphatic rings. The summed E-state index contributed by atoms with van der Waals surface area (Å²) in [4.78, 5) is 49.2. The summed E-state index contributed by atoms with van der Waals surface area (Å²) < 4.78 is 5.27. The third-order valence-corrected chi connectivity index (χ3v) is 4.32. The number of carbonyl (C=O) groups excluding carboxylic acids is 4. The lowest BCUT2D eigenvalue weighted by Crippen LogP contribution is -2.58. The van der Waals surface area contributed by atoms with Crippen LogP contribution in [0.3, 0.4) is 0 Å². The molecular formula is C22H34N4O5.